The Morgan fingerprint density at radius 3 is 3.10 bits per heavy atom. The third kappa shape index (κ3) is 3.59. The van der Waals surface area contributed by atoms with Crippen LogP contribution in [0.2, 0.25) is 5.02 Å². The van der Waals surface area contributed by atoms with Crippen LogP contribution < -0.4 is 10.1 Å². The molecule has 21 heavy (non-hydrogen) atoms. The molecule has 1 N–H and O–H groups in total. The molecule has 3 nitrogen and oxygen atoms in total. The van der Waals surface area contributed by atoms with Crippen molar-refractivity contribution in [2.75, 3.05) is 6.61 Å². The molecule has 0 fully saturated rings. The van der Waals surface area contributed by atoms with Gasteiger partial charge >= 0.3 is 0 Å². The molecule has 0 spiro atoms. The van der Waals surface area contributed by atoms with Crippen LogP contribution in [0.5, 0.6) is 5.75 Å². The molecule has 2 heterocycles. The average molecular weight is 387 g/mol. The molecule has 1 amide bonds. The van der Waals surface area contributed by atoms with Crippen molar-refractivity contribution >= 4 is 44.8 Å². The topological polar surface area (TPSA) is 38.3 Å². The first-order chi connectivity index (χ1) is 10.1. The number of carbonyl (C=O) groups excluding carboxylic acids is 1. The van der Waals surface area contributed by atoms with Gasteiger partial charge in [-0.25, -0.2) is 0 Å². The number of amides is 1. The quantitative estimate of drug-likeness (QED) is 0.865. The third-order valence-corrected chi connectivity index (χ3v) is 5.29. The number of benzene rings is 1. The molecular formula is C15H13BrClNO2S. The molecule has 0 radical (unpaired) electrons. The van der Waals surface area contributed by atoms with Crippen LogP contribution in [0.1, 0.15) is 10.4 Å². The predicted molar refractivity (Wildman–Crippen MR) is 88.0 cm³/mol. The molecule has 0 aliphatic carbocycles. The lowest BCUT2D eigenvalue weighted by Crippen LogP contribution is -2.36. The standard InChI is InChI=1S/C15H13BrClNO2S/c16-11-5-13(21-8-11)6-18-15(19)10-3-9-4-12(17)1-2-14(9)20-7-10/h1-2,4-5,8,10H,3,6-7H2,(H,18,19). The Kier molecular flexibility index (Phi) is 4.52. The van der Waals surface area contributed by atoms with E-state index >= 15 is 0 Å². The molecule has 1 aliphatic rings. The number of fused-ring (bicyclic) bond motifs is 1. The highest BCUT2D eigenvalue weighted by molar-refractivity contribution is 9.10. The minimum atomic E-state index is -0.167. The predicted octanol–water partition coefficient (Wildman–Crippen LogP) is 4.03. The van der Waals surface area contributed by atoms with Gasteiger partial charge in [0.2, 0.25) is 5.91 Å². The van der Waals surface area contributed by atoms with Gasteiger partial charge in [-0.05, 0) is 52.2 Å². The zero-order valence-electron chi connectivity index (χ0n) is 11.1. The van der Waals surface area contributed by atoms with Gasteiger partial charge in [0.25, 0.3) is 0 Å². The summed E-state index contributed by atoms with van der Waals surface area (Å²) in [5, 5.41) is 5.64. The molecule has 0 bridgehead atoms. The van der Waals surface area contributed by atoms with E-state index < -0.39 is 0 Å². The van der Waals surface area contributed by atoms with Gasteiger partial charge in [-0.2, -0.15) is 0 Å². The number of hydrogen-bond acceptors (Lipinski definition) is 3. The summed E-state index contributed by atoms with van der Waals surface area (Å²) in [6.45, 7) is 0.961. The van der Waals surface area contributed by atoms with Crippen LogP contribution >= 0.6 is 38.9 Å². The van der Waals surface area contributed by atoms with Gasteiger partial charge in [0.1, 0.15) is 12.4 Å². The van der Waals surface area contributed by atoms with Crippen molar-refractivity contribution in [3.8, 4) is 5.75 Å². The van der Waals surface area contributed by atoms with Crippen LogP contribution in [0.15, 0.2) is 34.1 Å². The number of rotatable bonds is 3. The molecule has 3 rings (SSSR count). The zero-order chi connectivity index (χ0) is 14.8. The molecule has 0 saturated heterocycles. The van der Waals surface area contributed by atoms with Gasteiger partial charge in [0.15, 0.2) is 0 Å². The van der Waals surface area contributed by atoms with E-state index in [1.807, 2.05) is 23.6 Å². The molecule has 110 valence electrons. The zero-order valence-corrected chi connectivity index (χ0v) is 14.2. The van der Waals surface area contributed by atoms with E-state index in [0.717, 1.165) is 20.7 Å². The van der Waals surface area contributed by atoms with Crippen molar-refractivity contribution in [2.24, 2.45) is 5.92 Å². The Hall–Kier alpha value is -1.04. The number of thiophene rings is 1. The molecule has 1 unspecified atom stereocenters. The van der Waals surface area contributed by atoms with Crippen molar-refractivity contribution < 1.29 is 9.53 Å². The summed E-state index contributed by atoms with van der Waals surface area (Å²) in [6, 6.07) is 7.54. The number of carbonyl (C=O) groups is 1. The maximum atomic E-state index is 12.2. The van der Waals surface area contributed by atoms with Gasteiger partial charge in [0, 0.05) is 19.8 Å². The fraction of sp³-hybridized carbons (Fsp3) is 0.267. The Morgan fingerprint density at radius 2 is 2.33 bits per heavy atom. The van der Waals surface area contributed by atoms with Gasteiger partial charge in [-0.1, -0.05) is 11.6 Å². The van der Waals surface area contributed by atoms with Gasteiger partial charge in [-0.15, -0.1) is 11.3 Å². The smallest absolute Gasteiger partial charge is 0.227 e. The van der Waals surface area contributed by atoms with Gasteiger partial charge in [-0.3, -0.25) is 4.79 Å². The Morgan fingerprint density at radius 1 is 1.48 bits per heavy atom. The van der Waals surface area contributed by atoms with Crippen molar-refractivity contribution in [1.82, 2.24) is 5.32 Å². The molecule has 1 aliphatic heterocycles. The molecule has 6 heteroatoms. The van der Waals surface area contributed by atoms with Crippen molar-refractivity contribution in [1.29, 1.82) is 0 Å². The van der Waals surface area contributed by atoms with E-state index in [0.29, 0.717) is 24.6 Å². The van der Waals surface area contributed by atoms with E-state index in [9.17, 15) is 4.79 Å². The average Bonchev–Trinajstić information content (AvgIpc) is 2.89. The summed E-state index contributed by atoms with van der Waals surface area (Å²) in [6.07, 6.45) is 0.663. The fourth-order valence-electron chi connectivity index (χ4n) is 2.30. The lowest BCUT2D eigenvalue weighted by atomic mass is 9.96. The molecule has 1 aromatic heterocycles. The van der Waals surface area contributed by atoms with Crippen LogP contribution in [0.25, 0.3) is 0 Å². The second kappa shape index (κ2) is 6.38. The molecule has 0 saturated carbocycles. The van der Waals surface area contributed by atoms with Crippen LogP contribution in [-0.2, 0) is 17.8 Å². The molecular weight excluding hydrogens is 374 g/mol. The van der Waals surface area contributed by atoms with Gasteiger partial charge in [0.05, 0.1) is 12.5 Å². The lowest BCUT2D eigenvalue weighted by Gasteiger charge is -2.24. The van der Waals surface area contributed by atoms with Crippen LogP contribution in [-0.4, -0.2) is 12.5 Å². The van der Waals surface area contributed by atoms with E-state index in [1.54, 1.807) is 17.4 Å². The Labute approximate surface area is 140 Å². The van der Waals surface area contributed by atoms with Crippen LogP contribution in [0, 0.1) is 5.92 Å². The summed E-state index contributed by atoms with van der Waals surface area (Å²) in [7, 11) is 0. The summed E-state index contributed by atoms with van der Waals surface area (Å²) >= 11 is 11.0. The molecule has 1 aromatic carbocycles. The van der Waals surface area contributed by atoms with Crippen molar-refractivity contribution in [3.05, 3.63) is 49.6 Å². The first-order valence-electron chi connectivity index (χ1n) is 6.53. The van der Waals surface area contributed by atoms with E-state index in [2.05, 4.69) is 21.2 Å². The highest BCUT2D eigenvalue weighted by Crippen LogP contribution is 2.30. The summed E-state index contributed by atoms with van der Waals surface area (Å²) < 4.78 is 6.69. The Bertz CT molecular complexity index is 673. The largest absolute Gasteiger partial charge is 0.492 e. The second-order valence-corrected chi connectivity index (χ2v) is 7.26. The minimum absolute atomic E-state index is 0.0187. The minimum Gasteiger partial charge on any atom is -0.492 e. The number of halogens is 2. The van der Waals surface area contributed by atoms with Crippen LogP contribution in [0.4, 0.5) is 0 Å². The van der Waals surface area contributed by atoms with Crippen molar-refractivity contribution in [3.63, 3.8) is 0 Å². The maximum absolute atomic E-state index is 12.2. The summed E-state index contributed by atoms with van der Waals surface area (Å²) in [4.78, 5) is 13.4. The number of nitrogens with one attached hydrogen (secondary N) is 1. The first kappa shape index (κ1) is 14.9. The Balaban J connectivity index is 1.61. The normalized spacial score (nSPS) is 17.0. The highest BCUT2D eigenvalue weighted by atomic mass is 79.9. The highest BCUT2D eigenvalue weighted by Gasteiger charge is 2.26. The number of hydrogen-bond donors (Lipinski definition) is 1. The second-order valence-electron chi connectivity index (χ2n) is 4.91. The van der Waals surface area contributed by atoms with E-state index in [1.165, 1.54) is 0 Å². The number of ether oxygens (including phenoxy) is 1. The SMILES string of the molecule is O=C(NCc1cc(Br)cs1)C1COc2ccc(Cl)cc2C1. The first-order valence-corrected chi connectivity index (χ1v) is 8.59. The molecule has 1 atom stereocenters. The maximum Gasteiger partial charge on any atom is 0.227 e. The summed E-state index contributed by atoms with van der Waals surface area (Å²) in [5.41, 5.74) is 0.993. The lowest BCUT2D eigenvalue weighted by molar-refractivity contribution is -0.126. The molecule has 2 aromatic rings. The monoisotopic (exact) mass is 385 g/mol. The van der Waals surface area contributed by atoms with Crippen LogP contribution in [0.3, 0.4) is 0 Å². The summed E-state index contributed by atoms with van der Waals surface area (Å²) in [5.74, 6) is 0.676. The van der Waals surface area contributed by atoms with E-state index in [4.69, 9.17) is 16.3 Å². The fourth-order valence-corrected chi connectivity index (χ4v) is 3.88. The van der Waals surface area contributed by atoms with E-state index in [-0.39, 0.29) is 11.8 Å². The third-order valence-electron chi connectivity index (χ3n) is 3.36. The van der Waals surface area contributed by atoms with Crippen molar-refractivity contribution in [2.45, 2.75) is 13.0 Å². The van der Waals surface area contributed by atoms with Gasteiger partial charge < -0.3 is 10.1 Å².